The first kappa shape index (κ1) is 14.7. The van der Waals surface area contributed by atoms with Gasteiger partial charge in [-0.1, -0.05) is 38.1 Å². The van der Waals surface area contributed by atoms with E-state index in [9.17, 15) is 4.79 Å². The van der Waals surface area contributed by atoms with Gasteiger partial charge in [0.05, 0.1) is 13.5 Å². The molecule has 0 aromatic heterocycles. The van der Waals surface area contributed by atoms with Crippen molar-refractivity contribution >= 4 is 5.97 Å². The number of esters is 1. The van der Waals surface area contributed by atoms with Gasteiger partial charge in [-0.3, -0.25) is 4.79 Å². The van der Waals surface area contributed by atoms with Crippen LogP contribution in [0.3, 0.4) is 0 Å². The topological polar surface area (TPSA) is 38.3 Å². The second-order valence-electron chi connectivity index (χ2n) is 4.92. The molecule has 0 aliphatic heterocycles. The number of rotatable bonds is 7. The fourth-order valence-electron chi connectivity index (χ4n) is 1.79. The lowest BCUT2D eigenvalue weighted by atomic mass is 10.0. The van der Waals surface area contributed by atoms with Crippen LogP contribution in [0.4, 0.5) is 0 Å². The highest BCUT2D eigenvalue weighted by Crippen LogP contribution is 2.09. The van der Waals surface area contributed by atoms with Crippen LogP contribution in [0.5, 0.6) is 0 Å². The van der Waals surface area contributed by atoms with E-state index in [1.165, 1.54) is 18.2 Å². The summed E-state index contributed by atoms with van der Waals surface area (Å²) in [6.07, 6.45) is 1.54. The van der Waals surface area contributed by atoms with Gasteiger partial charge < -0.3 is 10.1 Å². The van der Waals surface area contributed by atoms with Crippen molar-refractivity contribution in [3.8, 4) is 0 Å². The fourth-order valence-corrected chi connectivity index (χ4v) is 1.79. The van der Waals surface area contributed by atoms with Crippen LogP contribution in [0.25, 0.3) is 0 Å². The molecule has 3 nitrogen and oxygen atoms in total. The van der Waals surface area contributed by atoms with Crippen molar-refractivity contribution in [3.63, 3.8) is 0 Å². The highest BCUT2D eigenvalue weighted by atomic mass is 16.5. The maximum atomic E-state index is 10.9. The van der Waals surface area contributed by atoms with E-state index in [1.54, 1.807) is 0 Å². The summed E-state index contributed by atoms with van der Waals surface area (Å²) in [6.45, 7) is 5.89. The lowest BCUT2D eigenvalue weighted by Crippen LogP contribution is -2.18. The third kappa shape index (κ3) is 5.82. The first-order chi connectivity index (χ1) is 8.61. The summed E-state index contributed by atoms with van der Waals surface area (Å²) in [4.78, 5) is 10.9. The number of carbonyl (C=O) groups excluding carboxylic acids is 1. The molecule has 0 amide bonds. The number of carbonyl (C=O) groups is 1. The minimum Gasteiger partial charge on any atom is -0.469 e. The van der Waals surface area contributed by atoms with E-state index in [1.807, 2.05) is 0 Å². The Morgan fingerprint density at radius 1 is 1.22 bits per heavy atom. The molecule has 0 spiro atoms. The molecule has 0 atom stereocenters. The standard InChI is InChI=1S/C15H23NO2/c1-12(2)10-13-4-6-14(7-5-13)11-16-9-8-15(17)18-3/h4-7,12,16H,8-11H2,1-3H3. The summed E-state index contributed by atoms with van der Waals surface area (Å²) in [6, 6.07) is 8.64. The third-order valence-corrected chi connectivity index (χ3v) is 2.73. The summed E-state index contributed by atoms with van der Waals surface area (Å²) in [5.74, 6) is 0.517. The Morgan fingerprint density at radius 2 is 1.83 bits per heavy atom. The zero-order chi connectivity index (χ0) is 13.4. The molecular weight excluding hydrogens is 226 g/mol. The molecule has 0 saturated heterocycles. The maximum absolute atomic E-state index is 10.9. The van der Waals surface area contributed by atoms with Gasteiger partial charge in [-0.15, -0.1) is 0 Å². The van der Waals surface area contributed by atoms with Gasteiger partial charge in [-0.25, -0.2) is 0 Å². The molecule has 0 bridgehead atoms. The van der Waals surface area contributed by atoms with Gasteiger partial charge in [0.1, 0.15) is 0 Å². The molecule has 0 heterocycles. The highest BCUT2D eigenvalue weighted by molar-refractivity contribution is 5.69. The Morgan fingerprint density at radius 3 is 2.39 bits per heavy atom. The number of hydrogen-bond donors (Lipinski definition) is 1. The fraction of sp³-hybridized carbons (Fsp3) is 0.533. The normalized spacial score (nSPS) is 10.7. The largest absolute Gasteiger partial charge is 0.469 e. The van der Waals surface area contributed by atoms with Crippen molar-refractivity contribution in [1.82, 2.24) is 5.32 Å². The number of benzene rings is 1. The van der Waals surface area contributed by atoms with Gasteiger partial charge in [0.25, 0.3) is 0 Å². The lowest BCUT2D eigenvalue weighted by molar-refractivity contribution is -0.140. The minimum absolute atomic E-state index is 0.171. The molecule has 1 aromatic rings. The van der Waals surface area contributed by atoms with Crippen molar-refractivity contribution < 1.29 is 9.53 Å². The zero-order valence-corrected chi connectivity index (χ0v) is 11.5. The molecule has 3 heteroatoms. The second-order valence-corrected chi connectivity index (χ2v) is 4.92. The van der Waals surface area contributed by atoms with E-state index in [-0.39, 0.29) is 5.97 Å². The van der Waals surface area contributed by atoms with Crippen LogP contribution in [-0.2, 0) is 22.5 Å². The lowest BCUT2D eigenvalue weighted by Gasteiger charge is -2.07. The number of methoxy groups -OCH3 is 1. The van der Waals surface area contributed by atoms with Crippen LogP contribution in [-0.4, -0.2) is 19.6 Å². The molecular formula is C15H23NO2. The van der Waals surface area contributed by atoms with Gasteiger partial charge >= 0.3 is 5.97 Å². The maximum Gasteiger partial charge on any atom is 0.306 e. The van der Waals surface area contributed by atoms with Crippen molar-refractivity contribution in [2.75, 3.05) is 13.7 Å². The Labute approximate surface area is 110 Å². The summed E-state index contributed by atoms with van der Waals surface area (Å²) >= 11 is 0. The Hall–Kier alpha value is -1.35. The molecule has 1 rings (SSSR count). The Bertz CT molecular complexity index is 357. The first-order valence-corrected chi connectivity index (χ1v) is 6.47. The average molecular weight is 249 g/mol. The SMILES string of the molecule is COC(=O)CCNCc1ccc(CC(C)C)cc1. The molecule has 0 aliphatic carbocycles. The minimum atomic E-state index is -0.171. The van der Waals surface area contributed by atoms with Gasteiger partial charge in [0.15, 0.2) is 0 Å². The van der Waals surface area contributed by atoms with E-state index >= 15 is 0 Å². The zero-order valence-electron chi connectivity index (χ0n) is 11.5. The predicted molar refractivity (Wildman–Crippen MR) is 73.3 cm³/mol. The summed E-state index contributed by atoms with van der Waals surface area (Å²) in [7, 11) is 1.41. The summed E-state index contributed by atoms with van der Waals surface area (Å²) in [5, 5.41) is 3.23. The van der Waals surface area contributed by atoms with Crippen molar-refractivity contribution in [1.29, 1.82) is 0 Å². The Balaban J connectivity index is 2.28. The van der Waals surface area contributed by atoms with Crippen molar-refractivity contribution in [2.45, 2.75) is 33.2 Å². The number of hydrogen-bond acceptors (Lipinski definition) is 3. The van der Waals surface area contributed by atoms with E-state index in [0.717, 1.165) is 13.0 Å². The molecule has 0 unspecified atom stereocenters. The van der Waals surface area contributed by atoms with Crippen LogP contribution in [0.2, 0.25) is 0 Å². The van der Waals surface area contributed by atoms with Gasteiger partial charge in [-0.05, 0) is 23.5 Å². The summed E-state index contributed by atoms with van der Waals surface area (Å²) < 4.78 is 4.58. The predicted octanol–water partition coefficient (Wildman–Crippen LogP) is 2.54. The van der Waals surface area contributed by atoms with E-state index < -0.39 is 0 Å². The molecule has 0 radical (unpaired) electrons. The van der Waals surface area contributed by atoms with Crippen LogP contribution in [0.15, 0.2) is 24.3 Å². The van der Waals surface area contributed by atoms with Crippen LogP contribution < -0.4 is 5.32 Å². The highest BCUT2D eigenvalue weighted by Gasteiger charge is 2.00. The quantitative estimate of drug-likeness (QED) is 0.596. The van der Waals surface area contributed by atoms with Crippen LogP contribution >= 0.6 is 0 Å². The summed E-state index contributed by atoms with van der Waals surface area (Å²) in [5.41, 5.74) is 2.62. The van der Waals surface area contributed by atoms with Crippen molar-refractivity contribution in [3.05, 3.63) is 35.4 Å². The number of ether oxygens (including phenoxy) is 1. The molecule has 0 fully saturated rings. The van der Waals surface area contributed by atoms with Gasteiger partial charge in [0, 0.05) is 13.1 Å². The number of nitrogens with one attached hydrogen (secondary N) is 1. The molecule has 0 saturated carbocycles. The van der Waals surface area contributed by atoms with E-state index in [2.05, 4.69) is 48.2 Å². The monoisotopic (exact) mass is 249 g/mol. The van der Waals surface area contributed by atoms with Crippen molar-refractivity contribution in [2.24, 2.45) is 5.92 Å². The van der Waals surface area contributed by atoms with Crippen LogP contribution in [0.1, 0.15) is 31.4 Å². The van der Waals surface area contributed by atoms with Gasteiger partial charge in [0.2, 0.25) is 0 Å². The third-order valence-electron chi connectivity index (χ3n) is 2.73. The first-order valence-electron chi connectivity index (χ1n) is 6.47. The molecule has 1 N–H and O–H groups in total. The van der Waals surface area contributed by atoms with Crippen LogP contribution in [0, 0.1) is 5.92 Å². The van der Waals surface area contributed by atoms with E-state index in [0.29, 0.717) is 18.9 Å². The second kappa shape index (κ2) is 7.88. The van der Waals surface area contributed by atoms with E-state index in [4.69, 9.17) is 0 Å². The molecule has 18 heavy (non-hydrogen) atoms. The molecule has 100 valence electrons. The van der Waals surface area contributed by atoms with Gasteiger partial charge in [-0.2, -0.15) is 0 Å². The average Bonchev–Trinajstić information content (AvgIpc) is 2.35. The molecule has 1 aromatic carbocycles. The molecule has 0 aliphatic rings. The smallest absolute Gasteiger partial charge is 0.306 e. The Kier molecular flexibility index (Phi) is 6.44.